The minimum absolute atomic E-state index is 0.133. The molecule has 7 heteroatoms. The van der Waals surface area contributed by atoms with Crippen LogP contribution in [0.5, 0.6) is 0 Å². The van der Waals surface area contributed by atoms with Gasteiger partial charge in [0.25, 0.3) is 5.91 Å². The van der Waals surface area contributed by atoms with Crippen LogP contribution in [0.3, 0.4) is 0 Å². The van der Waals surface area contributed by atoms with Gasteiger partial charge in [0.05, 0.1) is 17.4 Å². The van der Waals surface area contributed by atoms with Crippen LogP contribution < -0.4 is 21.7 Å². The normalized spacial score (nSPS) is 25.1. The van der Waals surface area contributed by atoms with E-state index in [1.807, 2.05) is 0 Å². The number of anilines is 2. The molecule has 2 aliphatic rings. The lowest BCUT2D eigenvalue weighted by Crippen LogP contribution is -2.54. The van der Waals surface area contributed by atoms with E-state index in [-0.39, 0.29) is 11.9 Å². The average Bonchev–Trinajstić information content (AvgIpc) is 2.46. The number of aromatic nitrogens is 1. The molecule has 0 spiro atoms. The molecule has 0 aromatic carbocycles. The van der Waals surface area contributed by atoms with E-state index in [0.29, 0.717) is 29.4 Å². The highest BCUT2D eigenvalue weighted by Crippen LogP contribution is 2.29. The summed E-state index contributed by atoms with van der Waals surface area (Å²) in [6, 6.07) is 1.80. The van der Waals surface area contributed by atoms with Gasteiger partial charge in [-0.3, -0.25) is 9.59 Å². The van der Waals surface area contributed by atoms with Gasteiger partial charge >= 0.3 is 0 Å². The highest BCUT2D eigenvalue weighted by atomic mass is 16.2. The maximum absolute atomic E-state index is 11.6. The lowest BCUT2D eigenvalue weighted by molar-refractivity contribution is -0.124. The Labute approximate surface area is 122 Å². The van der Waals surface area contributed by atoms with Gasteiger partial charge in [-0.2, -0.15) is 0 Å². The van der Waals surface area contributed by atoms with Crippen molar-refractivity contribution in [1.82, 2.24) is 10.3 Å². The molecule has 2 aliphatic heterocycles. The fourth-order valence-electron chi connectivity index (χ4n) is 3.21. The van der Waals surface area contributed by atoms with E-state index in [0.717, 1.165) is 25.9 Å². The van der Waals surface area contributed by atoms with E-state index in [2.05, 4.69) is 15.2 Å². The third-order valence-corrected chi connectivity index (χ3v) is 4.28. The molecule has 2 amide bonds. The molecule has 0 bridgehead atoms. The number of amides is 2. The Balaban J connectivity index is 1.82. The van der Waals surface area contributed by atoms with Crippen molar-refractivity contribution >= 4 is 23.3 Å². The first-order chi connectivity index (χ1) is 10.0. The van der Waals surface area contributed by atoms with E-state index >= 15 is 0 Å². The molecular weight excluding hydrogens is 270 g/mol. The Morgan fingerprint density at radius 3 is 3.00 bits per heavy atom. The van der Waals surface area contributed by atoms with Crippen LogP contribution in [0.1, 0.15) is 29.6 Å². The van der Waals surface area contributed by atoms with E-state index < -0.39 is 5.91 Å². The van der Waals surface area contributed by atoms with Gasteiger partial charge in [0, 0.05) is 25.6 Å². The smallest absolute Gasteiger partial charge is 0.252 e. The molecule has 2 atom stereocenters. The first-order valence-corrected chi connectivity index (χ1v) is 7.14. The molecule has 3 rings (SSSR count). The number of primary amides is 1. The number of nitrogens with two attached hydrogens (primary N) is 2. The van der Waals surface area contributed by atoms with Gasteiger partial charge in [-0.15, -0.1) is 0 Å². The summed E-state index contributed by atoms with van der Waals surface area (Å²) in [5, 5.41) is 3.04. The summed E-state index contributed by atoms with van der Waals surface area (Å²) in [4.78, 5) is 29.4. The molecule has 0 saturated carbocycles. The Morgan fingerprint density at radius 2 is 2.24 bits per heavy atom. The van der Waals surface area contributed by atoms with Crippen LogP contribution in [0.25, 0.3) is 0 Å². The summed E-state index contributed by atoms with van der Waals surface area (Å²) in [6.07, 6.45) is 3.82. The number of nitrogens with zero attached hydrogens (tertiary/aromatic N) is 2. The largest absolute Gasteiger partial charge is 0.397 e. The number of fused-ring (bicyclic) bond motifs is 1. The topological polar surface area (TPSA) is 114 Å². The SMILES string of the molecule is NC(=O)c1cc(N)cnc1N1CCC2NC(=O)CCC2C1. The van der Waals surface area contributed by atoms with Crippen molar-refractivity contribution in [3.05, 3.63) is 17.8 Å². The van der Waals surface area contributed by atoms with Crippen molar-refractivity contribution in [1.29, 1.82) is 0 Å². The molecular formula is C14H19N5O2. The Morgan fingerprint density at radius 1 is 1.43 bits per heavy atom. The summed E-state index contributed by atoms with van der Waals surface area (Å²) >= 11 is 0. The number of hydrogen-bond acceptors (Lipinski definition) is 5. The van der Waals surface area contributed by atoms with Crippen molar-refractivity contribution in [3.63, 3.8) is 0 Å². The zero-order valence-corrected chi connectivity index (χ0v) is 11.7. The van der Waals surface area contributed by atoms with E-state index in [4.69, 9.17) is 11.5 Å². The van der Waals surface area contributed by atoms with Crippen molar-refractivity contribution in [2.24, 2.45) is 11.7 Å². The van der Waals surface area contributed by atoms with Gasteiger partial charge in [0.15, 0.2) is 0 Å². The van der Waals surface area contributed by atoms with Crippen LogP contribution in [0.15, 0.2) is 12.3 Å². The highest BCUT2D eigenvalue weighted by Gasteiger charge is 2.35. The number of carbonyl (C=O) groups excluding carboxylic acids is 2. The summed E-state index contributed by atoms with van der Waals surface area (Å²) in [5.74, 6) is 0.584. The number of nitrogens with one attached hydrogen (secondary N) is 1. The number of hydrogen-bond donors (Lipinski definition) is 3. The molecule has 2 unspecified atom stereocenters. The number of carbonyl (C=O) groups is 2. The van der Waals surface area contributed by atoms with Crippen LogP contribution in [0.4, 0.5) is 11.5 Å². The van der Waals surface area contributed by atoms with Crippen molar-refractivity contribution in [2.45, 2.75) is 25.3 Å². The summed E-state index contributed by atoms with van der Waals surface area (Å²) < 4.78 is 0. The second-order valence-electron chi connectivity index (χ2n) is 5.71. The predicted molar refractivity (Wildman–Crippen MR) is 78.7 cm³/mol. The fourth-order valence-corrected chi connectivity index (χ4v) is 3.21. The van der Waals surface area contributed by atoms with Crippen LogP contribution >= 0.6 is 0 Å². The van der Waals surface area contributed by atoms with Crippen molar-refractivity contribution in [2.75, 3.05) is 23.7 Å². The molecule has 7 nitrogen and oxygen atoms in total. The number of rotatable bonds is 2. The average molecular weight is 289 g/mol. The van der Waals surface area contributed by atoms with E-state index in [1.165, 1.54) is 6.20 Å². The van der Waals surface area contributed by atoms with E-state index in [9.17, 15) is 9.59 Å². The lowest BCUT2D eigenvalue weighted by atomic mass is 9.85. The molecule has 21 heavy (non-hydrogen) atoms. The monoisotopic (exact) mass is 289 g/mol. The summed E-state index contributed by atoms with van der Waals surface area (Å²) in [5.41, 5.74) is 11.9. The lowest BCUT2D eigenvalue weighted by Gasteiger charge is -2.42. The van der Waals surface area contributed by atoms with Crippen molar-refractivity contribution in [3.8, 4) is 0 Å². The number of piperidine rings is 2. The zero-order chi connectivity index (χ0) is 15.0. The summed E-state index contributed by atoms with van der Waals surface area (Å²) in [7, 11) is 0. The fraction of sp³-hybridized carbons (Fsp3) is 0.500. The van der Waals surface area contributed by atoms with Crippen LogP contribution in [0, 0.1) is 5.92 Å². The third-order valence-electron chi connectivity index (χ3n) is 4.28. The summed E-state index contributed by atoms with van der Waals surface area (Å²) in [6.45, 7) is 1.50. The van der Waals surface area contributed by atoms with Crippen molar-refractivity contribution < 1.29 is 9.59 Å². The van der Waals surface area contributed by atoms with E-state index in [1.54, 1.807) is 6.07 Å². The first kappa shape index (κ1) is 13.7. The minimum Gasteiger partial charge on any atom is -0.397 e. The molecule has 3 heterocycles. The molecule has 5 N–H and O–H groups in total. The molecule has 1 aromatic rings. The Hall–Kier alpha value is -2.31. The minimum atomic E-state index is -0.524. The van der Waals surface area contributed by atoms with Crippen LogP contribution in [-0.2, 0) is 4.79 Å². The van der Waals surface area contributed by atoms with Gasteiger partial charge in [-0.25, -0.2) is 4.98 Å². The van der Waals surface area contributed by atoms with Gasteiger partial charge in [0.2, 0.25) is 5.91 Å². The van der Waals surface area contributed by atoms with Gasteiger partial charge in [-0.05, 0) is 24.8 Å². The van der Waals surface area contributed by atoms with Gasteiger partial charge < -0.3 is 21.7 Å². The number of pyridine rings is 1. The van der Waals surface area contributed by atoms with Crippen LogP contribution in [0.2, 0.25) is 0 Å². The molecule has 0 radical (unpaired) electrons. The second kappa shape index (κ2) is 5.23. The molecule has 0 aliphatic carbocycles. The number of nitrogen functional groups attached to an aromatic ring is 1. The quantitative estimate of drug-likeness (QED) is 0.701. The maximum atomic E-state index is 11.6. The van der Waals surface area contributed by atoms with Gasteiger partial charge in [0.1, 0.15) is 5.82 Å². The predicted octanol–water partition coefficient (Wildman–Crippen LogP) is -0.132. The van der Waals surface area contributed by atoms with Crippen LogP contribution in [-0.4, -0.2) is 35.9 Å². The Bertz CT molecular complexity index is 589. The first-order valence-electron chi connectivity index (χ1n) is 7.14. The van der Waals surface area contributed by atoms with Gasteiger partial charge in [-0.1, -0.05) is 0 Å². The molecule has 112 valence electrons. The molecule has 2 fully saturated rings. The molecule has 2 saturated heterocycles. The zero-order valence-electron chi connectivity index (χ0n) is 11.7. The standard InChI is InChI=1S/C14H19N5O2/c15-9-5-10(13(16)21)14(17-6-9)19-4-3-11-8(7-19)1-2-12(20)18-11/h5-6,8,11H,1-4,7,15H2,(H2,16,21)(H,18,20). The maximum Gasteiger partial charge on any atom is 0.252 e. The second-order valence-corrected chi connectivity index (χ2v) is 5.71. The highest BCUT2D eigenvalue weighted by molar-refractivity contribution is 5.98. The Kier molecular flexibility index (Phi) is 3.40. The third kappa shape index (κ3) is 2.63. The molecule has 1 aromatic heterocycles.